The van der Waals surface area contributed by atoms with Gasteiger partial charge in [0.2, 0.25) is 0 Å². The van der Waals surface area contributed by atoms with Gasteiger partial charge in [0.15, 0.2) is 11.6 Å². The van der Waals surface area contributed by atoms with E-state index in [1.165, 1.54) is 12.1 Å². The van der Waals surface area contributed by atoms with Crippen molar-refractivity contribution >= 4 is 0 Å². The van der Waals surface area contributed by atoms with Crippen LogP contribution in [0, 0.1) is 5.82 Å². The summed E-state index contributed by atoms with van der Waals surface area (Å²) in [5.74, 6) is -0.408. The van der Waals surface area contributed by atoms with Crippen LogP contribution in [0.5, 0.6) is 5.75 Å². The van der Waals surface area contributed by atoms with Gasteiger partial charge in [0.1, 0.15) is 12.7 Å². The summed E-state index contributed by atoms with van der Waals surface area (Å²) < 4.78 is 29.3. The number of aliphatic hydroxyl groups excluding tert-OH is 1. The Labute approximate surface area is 124 Å². The zero-order valence-electron chi connectivity index (χ0n) is 12.7. The quantitative estimate of drug-likeness (QED) is 0.725. The second-order valence-electron chi connectivity index (χ2n) is 5.04. The van der Waals surface area contributed by atoms with Crippen molar-refractivity contribution in [3.8, 4) is 5.75 Å². The second kappa shape index (κ2) is 8.94. The Bertz CT molecular complexity index is 428. The van der Waals surface area contributed by atoms with Gasteiger partial charge in [0.05, 0.1) is 19.3 Å². The van der Waals surface area contributed by atoms with E-state index in [9.17, 15) is 9.50 Å². The van der Waals surface area contributed by atoms with Gasteiger partial charge in [-0.25, -0.2) is 4.39 Å². The number of nitrogens with two attached hydrogens (primary N) is 1. The fourth-order valence-electron chi connectivity index (χ4n) is 1.71. The molecule has 0 saturated carbocycles. The van der Waals surface area contributed by atoms with Crippen LogP contribution in [0.2, 0.25) is 0 Å². The van der Waals surface area contributed by atoms with Crippen molar-refractivity contribution in [1.29, 1.82) is 0 Å². The lowest BCUT2D eigenvalue weighted by molar-refractivity contribution is -0.0425. The molecule has 0 radical (unpaired) electrons. The third-order valence-electron chi connectivity index (χ3n) is 2.89. The van der Waals surface area contributed by atoms with Crippen molar-refractivity contribution in [2.75, 3.05) is 26.9 Å². The summed E-state index contributed by atoms with van der Waals surface area (Å²) in [5.41, 5.74) is 6.36. The Morgan fingerprint density at radius 2 is 1.95 bits per heavy atom. The van der Waals surface area contributed by atoms with Crippen molar-refractivity contribution in [3.63, 3.8) is 0 Å². The molecule has 1 aromatic carbocycles. The summed E-state index contributed by atoms with van der Waals surface area (Å²) in [6.07, 6.45) is -0.955. The van der Waals surface area contributed by atoms with Crippen LogP contribution in [0.15, 0.2) is 18.2 Å². The topological polar surface area (TPSA) is 73.9 Å². The highest BCUT2D eigenvalue weighted by molar-refractivity contribution is 5.30. The zero-order chi connectivity index (χ0) is 15.8. The fraction of sp³-hybridized carbons (Fsp3) is 0.600. The first-order chi connectivity index (χ1) is 9.93. The number of rotatable bonds is 9. The maximum absolute atomic E-state index is 13.8. The lowest BCUT2D eigenvalue weighted by atomic mass is 10.1. The molecule has 0 heterocycles. The van der Waals surface area contributed by atoms with Crippen molar-refractivity contribution in [2.24, 2.45) is 5.73 Å². The first kappa shape index (κ1) is 17.8. The van der Waals surface area contributed by atoms with E-state index in [4.69, 9.17) is 19.9 Å². The Morgan fingerprint density at radius 3 is 2.52 bits per heavy atom. The van der Waals surface area contributed by atoms with Gasteiger partial charge < -0.3 is 25.1 Å². The zero-order valence-corrected chi connectivity index (χ0v) is 12.7. The number of methoxy groups -OCH3 is 1. The number of ether oxygens (including phenoxy) is 3. The van der Waals surface area contributed by atoms with Crippen LogP contribution in [0.25, 0.3) is 0 Å². The molecule has 0 aliphatic carbocycles. The number of halogens is 1. The molecule has 21 heavy (non-hydrogen) atoms. The van der Waals surface area contributed by atoms with Gasteiger partial charge in [-0.15, -0.1) is 0 Å². The van der Waals surface area contributed by atoms with Crippen molar-refractivity contribution < 1.29 is 23.7 Å². The summed E-state index contributed by atoms with van der Waals surface area (Å²) in [7, 11) is 1.58. The van der Waals surface area contributed by atoms with Gasteiger partial charge in [-0.05, 0) is 31.5 Å². The summed E-state index contributed by atoms with van der Waals surface area (Å²) in [6.45, 7) is 4.11. The summed E-state index contributed by atoms with van der Waals surface area (Å²) in [6, 6.07) is 4.31. The third kappa shape index (κ3) is 6.39. The number of hydrogen-bond donors (Lipinski definition) is 2. The molecular weight excluding hydrogens is 277 g/mol. The first-order valence-electron chi connectivity index (χ1n) is 6.90. The van der Waals surface area contributed by atoms with Gasteiger partial charge >= 0.3 is 0 Å². The molecule has 0 aromatic heterocycles. The highest BCUT2D eigenvalue weighted by atomic mass is 19.1. The van der Waals surface area contributed by atoms with E-state index in [0.29, 0.717) is 12.2 Å². The molecule has 0 aliphatic heterocycles. The highest BCUT2D eigenvalue weighted by Gasteiger charge is 2.12. The maximum atomic E-state index is 13.8. The Kier molecular flexibility index (Phi) is 7.60. The number of aliphatic hydroxyl groups is 1. The van der Waals surface area contributed by atoms with Gasteiger partial charge in [-0.1, -0.05) is 6.07 Å². The molecule has 0 bridgehead atoms. The van der Waals surface area contributed by atoms with E-state index >= 15 is 0 Å². The summed E-state index contributed by atoms with van der Waals surface area (Å²) >= 11 is 0. The first-order valence-corrected chi connectivity index (χ1v) is 6.90. The average molecular weight is 301 g/mol. The van der Waals surface area contributed by atoms with Crippen LogP contribution >= 0.6 is 0 Å². The smallest absolute Gasteiger partial charge is 0.165 e. The average Bonchev–Trinajstić information content (AvgIpc) is 2.44. The van der Waals surface area contributed by atoms with Crippen molar-refractivity contribution in [3.05, 3.63) is 29.6 Å². The van der Waals surface area contributed by atoms with Gasteiger partial charge in [-0.3, -0.25) is 0 Å². The van der Waals surface area contributed by atoms with Crippen LogP contribution in [-0.4, -0.2) is 44.2 Å². The SMILES string of the molecule is COCC(C)OCC(O)COc1ccc(C(C)N)cc1F. The van der Waals surface area contributed by atoms with Crippen LogP contribution < -0.4 is 10.5 Å². The molecule has 120 valence electrons. The standard InChI is InChI=1S/C15H24FNO4/c1-10(7-19-3)20-8-13(18)9-21-15-5-4-12(11(2)17)6-14(15)16/h4-6,10-11,13,18H,7-9,17H2,1-3H3. The molecule has 0 spiro atoms. The molecule has 0 fully saturated rings. The van der Waals surface area contributed by atoms with Gasteiger partial charge in [0, 0.05) is 13.2 Å². The normalized spacial score (nSPS) is 15.5. The highest BCUT2D eigenvalue weighted by Crippen LogP contribution is 2.21. The third-order valence-corrected chi connectivity index (χ3v) is 2.89. The van der Waals surface area contributed by atoms with Crippen molar-refractivity contribution in [2.45, 2.75) is 32.1 Å². The minimum absolute atomic E-state index is 0.0475. The van der Waals surface area contributed by atoms with Crippen LogP contribution in [0.4, 0.5) is 4.39 Å². The predicted octanol–water partition coefficient (Wildman–Crippen LogP) is 1.64. The molecule has 0 amide bonds. The molecule has 1 aromatic rings. The minimum Gasteiger partial charge on any atom is -0.488 e. The molecule has 3 N–H and O–H groups in total. The van der Waals surface area contributed by atoms with E-state index in [1.807, 2.05) is 6.92 Å². The molecule has 0 saturated heterocycles. The van der Waals surface area contributed by atoms with E-state index in [-0.39, 0.29) is 31.1 Å². The molecule has 6 heteroatoms. The second-order valence-corrected chi connectivity index (χ2v) is 5.04. The minimum atomic E-state index is -0.836. The Hall–Kier alpha value is -1.21. The number of benzene rings is 1. The monoisotopic (exact) mass is 301 g/mol. The Balaban J connectivity index is 2.41. The van der Waals surface area contributed by atoms with Crippen LogP contribution in [0.3, 0.4) is 0 Å². The lowest BCUT2D eigenvalue weighted by Gasteiger charge is -2.17. The predicted molar refractivity (Wildman–Crippen MR) is 77.8 cm³/mol. The van der Waals surface area contributed by atoms with Gasteiger partial charge in [0.25, 0.3) is 0 Å². The van der Waals surface area contributed by atoms with Gasteiger partial charge in [-0.2, -0.15) is 0 Å². The molecule has 3 unspecified atom stereocenters. The molecule has 5 nitrogen and oxygen atoms in total. The molecule has 0 aliphatic rings. The Morgan fingerprint density at radius 1 is 1.24 bits per heavy atom. The molecular formula is C15H24FNO4. The van der Waals surface area contributed by atoms with E-state index in [2.05, 4.69) is 0 Å². The van der Waals surface area contributed by atoms with E-state index in [0.717, 1.165) is 0 Å². The summed E-state index contributed by atoms with van der Waals surface area (Å²) in [5, 5.41) is 9.73. The van der Waals surface area contributed by atoms with Crippen LogP contribution in [-0.2, 0) is 9.47 Å². The largest absolute Gasteiger partial charge is 0.488 e. The lowest BCUT2D eigenvalue weighted by Crippen LogP contribution is -2.27. The van der Waals surface area contributed by atoms with Crippen LogP contribution in [0.1, 0.15) is 25.5 Å². The molecule has 1 rings (SSSR count). The number of hydrogen-bond acceptors (Lipinski definition) is 5. The molecule has 3 atom stereocenters. The fourth-order valence-corrected chi connectivity index (χ4v) is 1.71. The van der Waals surface area contributed by atoms with E-state index < -0.39 is 11.9 Å². The van der Waals surface area contributed by atoms with E-state index in [1.54, 1.807) is 20.1 Å². The summed E-state index contributed by atoms with van der Waals surface area (Å²) in [4.78, 5) is 0. The maximum Gasteiger partial charge on any atom is 0.165 e. The van der Waals surface area contributed by atoms with Crippen molar-refractivity contribution in [1.82, 2.24) is 0 Å².